The summed E-state index contributed by atoms with van der Waals surface area (Å²) in [5, 5.41) is 7.32. The number of halogens is 2. The van der Waals surface area contributed by atoms with Gasteiger partial charge in [-0.25, -0.2) is 13.5 Å². The summed E-state index contributed by atoms with van der Waals surface area (Å²) in [6, 6.07) is 10.6. The minimum atomic E-state index is -0.967. The predicted molar refractivity (Wildman–Crippen MR) is 120 cm³/mol. The van der Waals surface area contributed by atoms with Crippen molar-refractivity contribution in [1.29, 1.82) is 0 Å². The van der Waals surface area contributed by atoms with E-state index in [2.05, 4.69) is 10.4 Å². The van der Waals surface area contributed by atoms with Crippen molar-refractivity contribution >= 4 is 17.5 Å². The predicted octanol–water partition coefficient (Wildman–Crippen LogP) is 4.52. The number of hydrogen-bond donors (Lipinski definition) is 1. The van der Waals surface area contributed by atoms with E-state index in [-0.39, 0.29) is 11.6 Å². The van der Waals surface area contributed by atoms with Gasteiger partial charge < -0.3 is 10.2 Å². The van der Waals surface area contributed by atoms with E-state index in [0.717, 1.165) is 49.1 Å². The molecule has 2 aromatic carbocycles. The zero-order valence-electron chi connectivity index (χ0n) is 18.1. The molecule has 6 nitrogen and oxygen atoms in total. The van der Waals surface area contributed by atoms with Crippen molar-refractivity contribution in [3.05, 3.63) is 76.6 Å². The van der Waals surface area contributed by atoms with E-state index < -0.39 is 17.5 Å². The number of benzene rings is 2. The summed E-state index contributed by atoms with van der Waals surface area (Å²) in [6.45, 7) is 1.43. The molecule has 1 saturated heterocycles. The van der Waals surface area contributed by atoms with Gasteiger partial charge in [0.1, 0.15) is 0 Å². The lowest BCUT2D eigenvalue weighted by atomic mass is 10.1. The van der Waals surface area contributed by atoms with Gasteiger partial charge in [0, 0.05) is 30.4 Å². The Bertz CT molecular complexity index is 1230. The van der Waals surface area contributed by atoms with E-state index in [4.69, 9.17) is 0 Å². The van der Waals surface area contributed by atoms with E-state index in [9.17, 15) is 18.4 Å². The fraction of sp³-hybridized carbons (Fsp3) is 0.320. The number of nitrogens with zero attached hydrogens (tertiary/aromatic N) is 3. The molecule has 1 aromatic heterocycles. The highest BCUT2D eigenvalue weighted by atomic mass is 19.2. The Morgan fingerprint density at radius 1 is 0.909 bits per heavy atom. The van der Waals surface area contributed by atoms with Gasteiger partial charge in [0.25, 0.3) is 11.8 Å². The molecule has 1 N–H and O–H groups in total. The number of carbonyl (C=O) groups excluding carboxylic acids is 2. The average molecular weight is 450 g/mol. The zero-order chi connectivity index (χ0) is 22.9. The number of para-hydroxylation sites is 1. The molecule has 33 heavy (non-hydrogen) atoms. The molecular weight excluding hydrogens is 426 g/mol. The Kier molecular flexibility index (Phi) is 5.66. The largest absolute Gasteiger partial charge is 0.339 e. The van der Waals surface area contributed by atoms with Crippen molar-refractivity contribution < 1.29 is 18.4 Å². The maximum atomic E-state index is 13.8. The van der Waals surface area contributed by atoms with Crippen molar-refractivity contribution in [2.45, 2.75) is 38.5 Å². The summed E-state index contributed by atoms with van der Waals surface area (Å²) in [4.78, 5) is 28.1. The monoisotopic (exact) mass is 450 g/mol. The Labute approximate surface area is 190 Å². The number of fused-ring (bicyclic) bond motifs is 1. The molecule has 0 radical (unpaired) electrons. The molecule has 0 unspecified atom stereocenters. The fourth-order valence-electron chi connectivity index (χ4n) is 4.68. The zero-order valence-corrected chi connectivity index (χ0v) is 18.1. The second-order valence-corrected chi connectivity index (χ2v) is 8.49. The van der Waals surface area contributed by atoms with Crippen molar-refractivity contribution in [1.82, 2.24) is 14.7 Å². The standard InChI is InChI=1S/C25H24F2N4O2/c26-19-12-11-16(15-20(19)27)31-22-10-6-8-18(22)23(29-31)24(32)28-21-9-3-2-7-17(21)25(33)30-13-4-1-5-14-30/h2-3,7,9,11-12,15H,1,4-6,8,10,13-14H2,(H,28,32). The number of amides is 2. The highest BCUT2D eigenvalue weighted by Crippen LogP contribution is 2.29. The minimum Gasteiger partial charge on any atom is -0.339 e. The van der Waals surface area contributed by atoms with Crippen LogP contribution in [0.1, 0.15) is 57.8 Å². The third-order valence-corrected chi connectivity index (χ3v) is 6.34. The van der Waals surface area contributed by atoms with E-state index in [1.165, 1.54) is 10.7 Å². The first kappa shape index (κ1) is 21.3. The molecule has 1 aliphatic heterocycles. The molecule has 5 rings (SSSR count). The SMILES string of the molecule is O=C(Nc1ccccc1C(=O)N1CCCCC1)c1nn(-c2ccc(F)c(F)c2)c2c1CCC2. The van der Waals surface area contributed by atoms with Crippen molar-refractivity contribution in [2.24, 2.45) is 0 Å². The van der Waals surface area contributed by atoms with E-state index in [1.54, 1.807) is 24.3 Å². The van der Waals surface area contributed by atoms with Crippen LogP contribution < -0.4 is 5.32 Å². The third kappa shape index (κ3) is 4.01. The van der Waals surface area contributed by atoms with Gasteiger partial charge in [0.05, 0.1) is 16.9 Å². The van der Waals surface area contributed by atoms with Gasteiger partial charge in [-0.15, -0.1) is 0 Å². The first-order valence-corrected chi connectivity index (χ1v) is 11.3. The lowest BCUT2D eigenvalue weighted by Crippen LogP contribution is -2.36. The van der Waals surface area contributed by atoms with Crippen LogP contribution in [0.2, 0.25) is 0 Å². The molecule has 0 atom stereocenters. The average Bonchev–Trinajstić information content (AvgIpc) is 3.44. The number of carbonyl (C=O) groups is 2. The molecule has 1 fully saturated rings. The fourth-order valence-corrected chi connectivity index (χ4v) is 4.68. The minimum absolute atomic E-state index is 0.0943. The van der Waals surface area contributed by atoms with Crippen molar-refractivity contribution in [3.63, 3.8) is 0 Å². The van der Waals surface area contributed by atoms with Crippen LogP contribution in [0.5, 0.6) is 0 Å². The maximum absolute atomic E-state index is 13.8. The van der Waals surface area contributed by atoms with E-state index in [1.807, 2.05) is 4.90 Å². The molecule has 1 aliphatic carbocycles. The lowest BCUT2D eigenvalue weighted by molar-refractivity contribution is 0.0725. The number of piperidine rings is 1. The molecule has 2 amide bonds. The Hall–Kier alpha value is -3.55. The molecule has 2 heterocycles. The number of hydrogen-bond acceptors (Lipinski definition) is 3. The normalized spacial score (nSPS) is 15.4. The van der Waals surface area contributed by atoms with Gasteiger partial charge >= 0.3 is 0 Å². The van der Waals surface area contributed by atoms with Gasteiger partial charge in [0.2, 0.25) is 0 Å². The van der Waals surface area contributed by atoms with Gasteiger partial charge in [-0.1, -0.05) is 12.1 Å². The topological polar surface area (TPSA) is 67.2 Å². The highest BCUT2D eigenvalue weighted by molar-refractivity contribution is 6.09. The highest BCUT2D eigenvalue weighted by Gasteiger charge is 2.28. The molecule has 8 heteroatoms. The lowest BCUT2D eigenvalue weighted by Gasteiger charge is -2.27. The van der Waals surface area contributed by atoms with Gasteiger partial charge in [-0.2, -0.15) is 5.10 Å². The molecule has 170 valence electrons. The van der Waals surface area contributed by atoms with Crippen LogP contribution in [0, 0.1) is 11.6 Å². The quantitative estimate of drug-likeness (QED) is 0.636. The first-order valence-electron chi connectivity index (χ1n) is 11.3. The summed E-state index contributed by atoms with van der Waals surface area (Å²) < 4.78 is 28.7. The number of likely N-dealkylation sites (tertiary alicyclic amines) is 1. The molecular formula is C25H24F2N4O2. The Morgan fingerprint density at radius 3 is 2.48 bits per heavy atom. The summed E-state index contributed by atoms with van der Waals surface area (Å²) in [7, 11) is 0. The van der Waals surface area contributed by atoms with Crippen LogP contribution in [0.25, 0.3) is 5.69 Å². The van der Waals surface area contributed by atoms with E-state index in [0.29, 0.717) is 42.9 Å². The molecule has 0 saturated carbocycles. The molecule has 3 aromatic rings. The first-order chi connectivity index (χ1) is 16.0. The summed E-state index contributed by atoms with van der Waals surface area (Å²) in [5.74, 6) is -2.42. The Balaban J connectivity index is 1.45. The van der Waals surface area contributed by atoms with Crippen LogP contribution in [0.4, 0.5) is 14.5 Å². The smallest absolute Gasteiger partial charge is 0.276 e. The number of aromatic nitrogens is 2. The number of rotatable bonds is 4. The van der Waals surface area contributed by atoms with Crippen molar-refractivity contribution in [3.8, 4) is 5.69 Å². The van der Waals surface area contributed by atoms with E-state index >= 15 is 0 Å². The second-order valence-electron chi connectivity index (χ2n) is 8.49. The van der Waals surface area contributed by atoms with Crippen LogP contribution >= 0.6 is 0 Å². The van der Waals surface area contributed by atoms with Crippen molar-refractivity contribution in [2.75, 3.05) is 18.4 Å². The van der Waals surface area contributed by atoms with Gasteiger partial charge in [-0.05, 0) is 62.8 Å². The Morgan fingerprint density at radius 2 is 1.70 bits per heavy atom. The maximum Gasteiger partial charge on any atom is 0.276 e. The summed E-state index contributed by atoms with van der Waals surface area (Å²) in [5.41, 5.74) is 3.12. The molecule has 2 aliphatic rings. The summed E-state index contributed by atoms with van der Waals surface area (Å²) >= 11 is 0. The van der Waals surface area contributed by atoms with Crippen LogP contribution in [-0.2, 0) is 12.8 Å². The molecule has 0 bridgehead atoms. The number of anilines is 1. The third-order valence-electron chi connectivity index (χ3n) is 6.34. The molecule has 0 spiro atoms. The van der Waals surface area contributed by atoms with Crippen LogP contribution in [0.15, 0.2) is 42.5 Å². The van der Waals surface area contributed by atoms with Gasteiger partial charge in [0.15, 0.2) is 17.3 Å². The van der Waals surface area contributed by atoms with Crippen LogP contribution in [0.3, 0.4) is 0 Å². The van der Waals surface area contributed by atoms with Crippen LogP contribution in [-0.4, -0.2) is 39.6 Å². The number of nitrogens with one attached hydrogen (secondary N) is 1. The second kappa shape index (κ2) is 8.77. The summed E-state index contributed by atoms with van der Waals surface area (Å²) in [6.07, 6.45) is 5.30. The van der Waals surface area contributed by atoms with Gasteiger partial charge in [-0.3, -0.25) is 9.59 Å².